The molecule has 2 aromatic rings. The van der Waals surface area contributed by atoms with Gasteiger partial charge in [-0.05, 0) is 36.8 Å². The second-order valence-electron chi connectivity index (χ2n) is 5.23. The van der Waals surface area contributed by atoms with Crippen molar-refractivity contribution in [1.82, 2.24) is 0 Å². The number of nitrogens with zero attached hydrogens (tertiary/aromatic N) is 1. The van der Waals surface area contributed by atoms with Gasteiger partial charge < -0.3 is 10.1 Å². The lowest BCUT2D eigenvalue weighted by Gasteiger charge is -2.08. The van der Waals surface area contributed by atoms with E-state index in [2.05, 4.69) is 9.71 Å². The molecule has 1 aliphatic rings. The Hall–Kier alpha value is -2.31. The zero-order valence-corrected chi connectivity index (χ0v) is 14.6. The van der Waals surface area contributed by atoms with E-state index in [1.54, 1.807) is 50.4 Å². The lowest BCUT2D eigenvalue weighted by atomic mass is 10.1. The van der Waals surface area contributed by atoms with Crippen LogP contribution in [0.1, 0.15) is 12.5 Å². The highest BCUT2D eigenvalue weighted by atomic mass is 35.5. The van der Waals surface area contributed by atoms with Crippen molar-refractivity contribution in [3.05, 3.63) is 64.7 Å². The van der Waals surface area contributed by atoms with Gasteiger partial charge in [-0.3, -0.25) is 0 Å². The van der Waals surface area contributed by atoms with Crippen LogP contribution in [0, 0.1) is 0 Å². The normalized spacial score (nSPS) is 16.0. The molecule has 0 aromatic heterocycles. The van der Waals surface area contributed by atoms with Crippen molar-refractivity contribution in [2.24, 2.45) is 4.40 Å². The summed E-state index contributed by atoms with van der Waals surface area (Å²) in [7, 11) is -2.19. The molecule has 124 valence electrons. The van der Waals surface area contributed by atoms with Crippen LogP contribution >= 0.6 is 11.6 Å². The zero-order valence-electron chi connectivity index (χ0n) is 13.1. The monoisotopic (exact) mass is 362 g/mol. The molecule has 0 amide bonds. The average Bonchev–Trinajstić information content (AvgIpc) is 2.77. The van der Waals surface area contributed by atoms with Crippen molar-refractivity contribution in [3.8, 4) is 5.75 Å². The summed E-state index contributed by atoms with van der Waals surface area (Å²) in [5, 5.41) is 3.58. The first-order chi connectivity index (χ1) is 11.4. The smallest absolute Gasteiger partial charge is 0.285 e. The highest BCUT2D eigenvalue weighted by Gasteiger charge is 2.31. The second-order valence-corrected chi connectivity index (χ2v) is 7.21. The highest BCUT2D eigenvalue weighted by molar-refractivity contribution is 8.00. The van der Waals surface area contributed by atoms with E-state index in [1.807, 2.05) is 12.1 Å². The van der Waals surface area contributed by atoms with Crippen LogP contribution in [0.5, 0.6) is 5.75 Å². The topological polar surface area (TPSA) is 67.8 Å². The Balaban J connectivity index is 1.99. The van der Waals surface area contributed by atoms with Crippen molar-refractivity contribution in [3.63, 3.8) is 0 Å². The van der Waals surface area contributed by atoms with E-state index in [-0.39, 0.29) is 4.91 Å². The van der Waals surface area contributed by atoms with Gasteiger partial charge in [0, 0.05) is 22.3 Å². The fraction of sp³-hybridized carbons (Fsp3) is 0.118. The zero-order chi connectivity index (χ0) is 17.3. The Bertz CT molecular complexity index is 948. The van der Waals surface area contributed by atoms with Gasteiger partial charge in [0.15, 0.2) is 0 Å². The first-order valence-electron chi connectivity index (χ1n) is 7.14. The molecule has 5 nitrogen and oxygen atoms in total. The highest BCUT2D eigenvalue weighted by Crippen LogP contribution is 2.33. The Labute approximate surface area is 145 Å². The van der Waals surface area contributed by atoms with Crippen LogP contribution < -0.4 is 10.1 Å². The number of halogens is 1. The maximum Gasteiger partial charge on any atom is 0.285 e. The number of hydrogen-bond donors (Lipinski definition) is 1. The maximum atomic E-state index is 12.4. The van der Waals surface area contributed by atoms with Crippen molar-refractivity contribution in [1.29, 1.82) is 0 Å². The van der Waals surface area contributed by atoms with Crippen LogP contribution in [-0.2, 0) is 10.0 Å². The lowest BCUT2D eigenvalue weighted by Crippen LogP contribution is -2.11. The van der Waals surface area contributed by atoms with Crippen LogP contribution in [0.15, 0.2) is 58.5 Å². The number of benzene rings is 2. The Morgan fingerprint density at radius 3 is 2.50 bits per heavy atom. The molecular formula is C17H15ClN2O3S. The summed E-state index contributed by atoms with van der Waals surface area (Å²) in [6, 6.07) is 13.8. The van der Waals surface area contributed by atoms with Crippen LogP contribution in [0.3, 0.4) is 0 Å². The number of rotatable bonds is 3. The Kier molecular flexibility index (Phi) is 4.34. The molecule has 1 aliphatic heterocycles. The van der Waals surface area contributed by atoms with Crippen LogP contribution in [-0.4, -0.2) is 21.4 Å². The molecule has 0 fully saturated rings. The summed E-state index contributed by atoms with van der Waals surface area (Å²) in [4.78, 5) is 0.185. The number of amidine groups is 1. The van der Waals surface area contributed by atoms with Crippen LogP contribution in [0.4, 0.5) is 5.69 Å². The second kappa shape index (κ2) is 6.30. The summed E-state index contributed by atoms with van der Waals surface area (Å²) in [6.45, 7) is 1.72. The Morgan fingerprint density at radius 1 is 1.12 bits per heavy atom. The summed E-state index contributed by atoms with van der Waals surface area (Å²) in [5.41, 5.74) is 1.81. The molecule has 1 N–H and O–H groups in total. The molecule has 0 saturated carbocycles. The van der Waals surface area contributed by atoms with Gasteiger partial charge in [0.1, 0.15) is 16.5 Å². The number of anilines is 1. The van der Waals surface area contributed by atoms with E-state index in [0.29, 0.717) is 33.4 Å². The summed E-state index contributed by atoms with van der Waals surface area (Å²) >= 11 is 5.87. The average molecular weight is 363 g/mol. The van der Waals surface area contributed by atoms with Crippen molar-refractivity contribution >= 4 is 38.1 Å². The largest absolute Gasteiger partial charge is 0.497 e. The molecule has 2 aromatic carbocycles. The molecule has 0 radical (unpaired) electrons. The van der Waals surface area contributed by atoms with E-state index in [1.165, 1.54) is 0 Å². The molecule has 0 aliphatic carbocycles. The molecule has 0 spiro atoms. The van der Waals surface area contributed by atoms with E-state index in [9.17, 15) is 8.42 Å². The Morgan fingerprint density at radius 2 is 1.83 bits per heavy atom. The number of hydrogen-bond acceptors (Lipinski definition) is 4. The molecule has 24 heavy (non-hydrogen) atoms. The van der Waals surface area contributed by atoms with Crippen molar-refractivity contribution < 1.29 is 13.2 Å². The van der Waals surface area contributed by atoms with Gasteiger partial charge in [-0.1, -0.05) is 29.8 Å². The predicted molar refractivity (Wildman–Crippen MR) is 97.0 cm³/mol. The van der Waals surface area contributed by atoms with Gasteiger partial charge in [0.05, 0.1) is 7.11 Å². The van der Waals surface area contributed by atoms with Crippen molar-refractivity contribution in [2.45, 2.75) is 6.92 Å². The molecule has 0 atom stereocenters. The number of nitrogens with one attached hydrogen (secondary N) is 1. The quantitative estimate of drug-likeness (QED) is 0.898. The van der Waals surface area contributed by atoms with E-state index < -0.39 is 10.0 Å². The van der Waals surface area contributed by atoms with Crippen LogP contribution in [0.25, 0.3) is 4.91 Å². The minimum Gasteiger partial charge on any atom is -0.497 e. The van der Waals surface area contributed by atoms with Crippen LogP contribution in [0.2, 0.25) is 5.02 Å². The van der Waals surface area contributed by atoms with Crippen molar-refractivity contribution in [2.75, 3.05) is 12.4 Å². The molecular weight excluding hydrogens is 348 g/mol. The van der Waals surface area contributed by atoms with Gasteiger partial charge in [0.2, 0.25) is 0 Å². The minimum absolute atomic E-state index is 0.185. The third-order valence-corrected chi connectivity index (χ3v) is 5.34. The summed E-state index contributed by atoms with van der Waals surface area (Å²) in [5.74, 6) is 0.967. The lowest BCUT2D eigenvalue weighted by molar-refractivity contribution is 0.415. The molecule has 0 bridgehead atoms. The van der Waals surface area contributed by atoms with Gasteiger partial charge in [0.25, 0.3) is 10.0 Å². The summed E-state index contributed by atoms with van der Waals surface area (Å²) in [6.07, 6.45) is 0. The first kappa shape index (κ1) is 16.5. The summed E-state index contributed by atoms with van der Waals surface area (Å²) < 4.78 is 33.9. The first-order valence-corrected chi connectivity index (χ1v) is 8.96. The standard InChI is InChI=1S/C17H15ClN2O3S/c1-11-16(12-6-8-13(18)9-7-12)24(21,22)20-17(11)19-14-4-3-5-15(10-14)23-2/h3-10H,1-2H3,(H,19,20). The number of sulfonamides is 1. The maximum absolute atomic E-state index is 12.4. The third kappa shape index (κ3) is 3.16. The van der Waals surface area contributed by atoms with Gasteiger partial charge in [-0.15, -0.1) is 4.40 Å². The molecule has 0 unspecified atom stereocenters. The predicted octanol–water partition coefficient (Wildman–Crippen LogP) is 3.93. The van der Waals surface area contributed by atoms with Gasteiger partial charge >= 0.3 is 0 Å². The van der Waals surface area contributed by atoms with E-state index in [0.717, 1.165) is 0 Å². The minimum atomic E-state index is -3.76. The van der Waals surface area contributed by atoms with E-state index >= 15 is 0 Å². The SMILES string of the molecule is COc1cccc(NC2=NS(=O)(=O)C(c3ccc(Cl)cc3)=C2C)c1. The number of methoxy groups -OCH3 is 1. The van der Waals surface area contributed by atoms with E-state index in [4.69, 9.17) is 16.3 Å². The third-order valence-electron chi connectivity index (χ3n) is 3.60. The fourth-order valence-corrected chi connectivity index (χ4v) is 4.01. The molecule has 3 rings (SSSR count). The molecule has 1 heterocycles. The fourth-order valence-electron chi connectivity index (χ4n) is 2.46. The van der Waals surface area contributed by atoms with Gasteiger partial charge in [-0.25, -0.2) is 0 Å². The molecule has 0 saturated heterocycles. The molecule has 7 heteroatoms. The van der Waals surface area contributed by atoms with Gasteiger partial charge in [-0.2, -0.15) is 8.42 Å². The number of ether oxygens (including phenoxy) is 1.